The lowest BCUT2D eigenvalue weighted by Crippen LogP contribution is -2.25. The van der Waals surface area contributed by atoms with Gasteiger partial charge in [-0.25, -0.2) is 13.8 Å². The molecule has 0 unspecified atom stereocenters. The van der Waals surface area contributed by atoms with Gasteiger partial charge in [0.2, 0.25) is 5.91 Å². The molecule has 3 aromatic carbocycles. The molecule has 2 aliphatic rings. The molecule has 182 valence electrons. The summed E-state index contributed by atoms with van der Waals surface area (Å²) in [5, 5.41) is 9.07. The third-order valence-corrected chi connectivity index (χ3v) is 7.18. The van der Waals surface area contributed by atoms with E-state index < -0.39 is 22.9 Å². The second kappa shape index (κ2) is 10.2. The summed E-state index contributed by atoms with van der Waals surface area (Å²) in [5.74, 6) is -1.85. The SMILES string of the molecule is O=C(C[C@@H]1SC(N2N=C(c3ccc(F)cc3)C[C@H]2c2ccc(Cl)cc2)=NC1=O)Nc1ccccc1F. The van der Waals surface area contributed by atoms with Crippen LogP contribution in [0.5, 0.6) is 0 Å². The van der Waals surface area contributed by atoms with Crippen molar-refractivity contribution >= 4 is 51.7 Å². The van der Waals surface area contributed by atoms with E-state index >= 15 is 0 Å². The van der Waals surface area contributed by atoms with Gasteiger partial charge < -0.3 is 5.32 Å². The Balaban J connectivity index is 1.36. The van der Waals surface area contributed by atoms with Gasteiger partial charge in [-0.05, 0) is 47.5 Å². The van der Waals surface area contributed by atoms with Gasteiger partial charge in [-0.15, -0.1) is 0 Å². The number of aliphatic imine (C=N–C) groups is 1. The van der Waals surface area contributed by atoms with Gasteiger partial charge in [-0.3, -0.25) is 9.59 Å². The lowest BCUT2D eigenvalue weighted by atomic mass is 9.99. The largest absolute Gasteiger partial charge is 0.324 e. The molecule has 10 heteroatoms. The lowest BCUT2D eigenvalue weighted by molar-refractivity contribution is -0.121. The molecule has 0 saturated heterocycles. The zero-order valence-electron chi connectivity index (χ0n) is 18.7. The van der Waals surface area contributed by atoms with Crippen molar-refractivity contribution in [1.82, 2.24) is 5.01 Å². The van der Waals surface area contributed by atoms with Gasteiger partial charge in [-0.1, -0.05) is 59.8 Å². The molecule has 2 amide bonds. The Morgan fingerprint density at radius 1 is 1.06 bits per heavy atom. The minimum absolute atomic E-state index is 0.0509. The van der Waals surface area contributed by atoms with Crippen LogP contribution in [-0.2, 0) is 9.59 Å². The molecule has 0 spiro atoms. The molecule has 0 saturated carbocycles. The number of anilines is 1. The fourth-order valence-corrected chi connectivity index (χ4v) is 5.17. The Bertz CT molecular complexity index is 1380. The number of rotatable bonds is 5. The predicted molar refractivity (Wildman–Crippen MR) is 137 cm³/mol. The van der Waals surface area contributed by atoms with E-state index in [2.05, 4.69) is 10.3 Å². The molecule has 0 bridgehead atoms. The van der Waals surface area contributed by atoms with Crippen molar-refractivity contribution in [2.75, 3.05) is 5.32 Å². The zero-order chi connectivity index (χ0) is 25.2. The van der Waals surface area contributed by atoms with Gasteiger partial charge in [0.25, 0.3) is 5.91 Å². The van der Waals surface area contributed by atoms with Gasteiger partial charge in [-0.2, -0.15) is 10.1 Å². The first-order valence-corrected chi connectivity index (χ1v) is 12.3. The number of amidine groups is 1. The minimum Gasteiger partial charge on any atom is -0.324 e. The van der Waals surface area contributed by atoms with E-state index in [4.69, 9.17) is 16.7 Å². The van der Waals surface area contributed by atoms with E-state index in [1.165, 1.54) is 30.3 Å². The molecule has 2 atom stereocenters. The first kappa shape index (κ1) is 24.1. The maximum absolute atomic E-state index is 13.9. The van der Waals surface area contributed by atoms with Crippen LogP contribution in [-0.4, -0.2) is 33.0 Å². The van der Waals surface area contributed by atoms with Gasteiger partial charge >= 0.3 is 0 Å². The maximum atomic E-state index is 13.9. The number of carbonyl (C=O) groups excluding carboxylic acids is 2. The molecule has 5 rings (SSSR count). The predicted octanol–water partition coefficient (Wildman–Crippen LogP) is 5.80. The van der Waals surface area contributed by atoms with Crippen LogP contribution in [0.15, 0.2) is 82.9 Å². The summed E-state index contributed by atoms with van der Waals surface area (Å²) in [6, 6.07) is 18.9. The summed E-state index contributed by atoms with van der Waals surface area (Å²) in [6.45, 7) is 0. The van der Waals surface area contributed by atoms with Crippen molar-refractivity contribution in [3.8, 4) is 0 Å². The molecule has 36 heavy (non-hydrogen) atoms. The standard InChI is InChI=1S/C26H19ClF2N4O2S/c27-17-9-5-16(6-10-17)22-13-21(15-7-11-18(28)12-8-15)32-33(22)26-31-25(35)23(36-26)14-24(34)30-20-4-2-1-3-19(20)29/h1-12,22-23H,13-14H2,(H,30,34)/t22-,23-/m0/s1. The van der Waals surface area contributed by atoms with Crippen molar-refractivity contribution in [2.24, 2.45) is 10.1 Å². The van der Waals surface area contributed by atoms with Crippen LogP contribution in [0.3, 0.4) is 0 Å². The highest BCUT2D eigenvalue weighted by atomic mass is 35.5. The summed E-state index contributed by atoms with van der Waals surface area (Å²) in [6.07, 6.45) is 0.332. The maximum Gasteiger partial charge on any atom is 0.262 e. The van der Waals surface area contributed by atoms with Gasteiger partial charge in [0.15, 0.2) is 5.17 Å². The van der Waals surface area contributed by atoms with Crippen LogP contribution in [0, 0.1) is 11.6 Å². The van der Waals surface area contributed by atoms with Crippen LogP contribution in [0.1, 0.15) is 30.0 Å². The Labute approximate surface area is 215 Å². The van der Waals surface area contributed by atoms with Crippen molar-refractivity contribution in [2.45, 2.75) is 24.1 Å². The number of para-hydroxylation sites is 1. The van der Waals surface area contributed by atoms with Crippen LogP contribution in [0.25, 0.3) is 0 Å². The molecule has 0 fully saturated rings. The van der Waals surface area contributed by atoms with E-state index in [-0.39, 0.29) is 24.0 Å². The van der Waals surface area contributed by atoms with Crippen molar-refractivity contribution in [3.63, 3.8) is 0 Å². The third-order valence-electron chi connectivity index (χ3n) is 5.79. The van der Waals surface area contributed by atoms with Crippen molar-refractivity contribution in [3.05, 3.63) is 101 Å². The first-order chi connectivity index (χ1) is 17.4. The number of nitrogens with one attached hydrogen (secondary N) is 1. The second-order valence-electron chi connectivity index (χ2n) is 8.24. The quantitative estimate of drug-likeness (QED) is 0.458. The second-order valence-corrected chi connectivity index (χ2v) is 9.85. The van der Waals surface area contributed by atoms with Crippen LogP contribution in [0.4, 0.5) is 14.5 Å². The Kier molecular flexibility index (Phi) is 6.84. The average Bonchev–Trinajstić information content (AvgIpc) is 3.45. The Morgan fingerprint density at radius 2 is 1.78 bits per heavy atom. The van der Waals surface area contributed by atoms with Gasteiger partial charge in [0.1, 0.15) is 16.9 Å². The number of amides is 2. The summed E-state index contributed by atoms with van der Waals surface area (Å²) >= 11 is 7.20. The number of carbonyl (C=O) groups is 2. The molecule has 1 N–H and O–H groups in total. The molecular formula is C26H19ClF2N4O2S. The van der Waals surface area contributed by atoms with E-state index in [1.54, 1.807) is 35.3 Å². The molecule has 2 heterocycles. The molecule has 3 aromatic rings. The molecule has 2 aliphatic heterocycles. The van der Waals surface area contributed by atoms with Crippen molar-refractivity contribution < 1.29 is 18.4 Å². The van der Waals surface area contributed by atoms with Crippen LogP contribution >= 0.6 is 23.4 Å². The highest BCUT2D eigenvalue weighted by molar-refractivity contribution is 8.15. The summed E-state index contributed by atoms with van der Waals surface area (Å²) in [5.41, 5.74) is 2.44. The third kappa shape index (κ3) is 5.17. The number of nitrogens with zero attached hydrogens (tertiary/aromatic N) is 3. The van der Waals surface area contributed by atoms with Gasteiger partial charge in [0.05, 0.1) is 17.4 Å². The Morgan fingerprint density at radius 3 is 2.50 bits per heavy atom. The zero-order valence-corrected chi connectivity index (χ0v) is 20.3. The first-order valence-electron chi connectivity index (χ1n) is 11.1. The number of halogens is 3. The normalized spacial score (nSPS) is 19.3. The highest BCUT2D eigenvalue weighted by Gasteiger charge is 2.39. The van der Waals surface area contributed by atoms with Crippen molar-refractivity contribution in [1.29, 1.82) is 0 Å². The van der Waals surface area contributed by atoms with E-state index in [0.29, 0.717) is 22.3 Å². The fraction of sp³-hybridized carbons (Fsp3) is 0.154. The Hall–Kier alpha value is -3.56. The van der Waals surface area contributed by atoms with Gasteiger partial charge in [0, 0.05) is 17.9 Å². The van der Waals surface area contributed by atoms with Crippen LogP contribution < -0.4 is 5.32 Å². The summed E-state index contributed by atoms with van der Waals surface area (Å²) in [4.78, 5) is 29.4. The minimum atomic E-state index is -0.761. The molecule has 6 nitrogen and oxygen atoms in total. The summed E-state index contributed by atoms with van der Waals surface area (Å²) in [7, 11) is 0. The molecule has 0 aromatic heterocycles. The lowest BCUT2D eigenvalue weighted by Gasteiger charge is -2.23. The molecule has 0 aliphatic carbocycles. The number of benzene rings is 3. The fourth-order valence-electron chi connectivity index (χ4n) is 3.98. The molecular weight excluding hydrogens is 506 g/mol. The van der Waals surface area contributed by atoms with E-state index in [9.17, 15) is 18.4 Å². The smallest absolute Gasteiger partial charge is 0.262 e. The topological polar surface area (TPSA) is 74.1 Å². The number of hydrogen-bond donors (Lipinski definition) is 1. The number of thioether (sulfide) groups is 1. The number of hydrogen-bond acceptors (Lipinski definition) is 5. The average molecular weight is 525 g/mol. The van der Waals surface area contributed by atoms with E-state index in [1.807, 2.05) is 12.1 Å². The number of hydrazone groups is 1. The summed E-state index contributed by atoms with van der Waals surface area (Å²) < 4.78 is 27.3. The van der Waals surface area contributed by atoms with Crippen LogP contribution in [0.2, 0.25) is 5.02 Å². The highest BCUT2D eigenvalue weighted by Crippen LogP contribution is 2.39. The molecule has 0 radical (unpaired) electrons. The van der Waals surface area contributed by atoms with E-state index in [0.717, 1.165) is 22.9 Å². The monoisotopic (exact) mass is 524 g/mol.